The summed E-state index contributed by atoms with van der Waals surface area (Å²) in [5, 5.41) is 10.9. The van der Waals surface area contributed by atoms with Crippen molar-refractivity contribution in [1.29, 1.82) is 0 Å². The first-order chi connectivity index (χ1) is 12.6. The molecule has 0 aliphatic carbocycles. The zero-order valence-electron chi connectivity index (χ0n) is 17.1. The number of aliphatic hydroxyl groups excluding tert-OH is 1. The molecule has 1 N–H and O–H groups in total. The summed E-state index contributed by atoms with van der Waals surface area (Å²) < 4.78 is 28.9. The molecule has 4 atom stereocenters. The maximum absolute atomic E-state index is 10.9. The molecule has 2 rings (SSSR count). The molecule has 0 bridgehead atoms. The number of hydrogen-bond acceptors (Lipinski definition) is 8. The van der Waals surface area contributed by atoms with Crippen molar-refractivity contribution in [3.05, 3.63) is 0 Å². The van der Waals surface area contributed by atoms with Crippen LogP contribution in [0.4, 0.5) is 0 Å². The van der Waals surface area contributed by atoms with Crippen LogP contribution in [0.3, 0.4) is 0 Å². The van der Waals surface area contributed by atoms with E-state index in [0.717, 1.165) is 25.0 Å². The Morgan fingerprint density at radius 3 is 2.52 bits per heavy atom. The molecule has 0 radical (unpaired) electrons. The fourth-order valence-electron chi connectivity index (χ4n) is 3.28. The van der Waals surface area contributed by atoms with Gasteiger partial charge < -0.3 is 28.8 Å². The molecular weight excluding hydrogens is 372 g/mol. The zero-order chi connectivity index (χ0) is 20.1. The average Bonchev–Trinajstić information content (AvgIpc) is 3.07. The second kappa shape index (κ2) is 10.0. The van der Waals surface area contributed by atoms with Gasteiger partial charge in [-0.25, -0.2) is 0 Å². The third-order valence-corrected chi connectivity index (χ3v) is 5.39. The van der Waals surface area contributed by atoms with E-state index in [1.54, 1.807) is 6.92 Å². The molecule has 0 aromatic heterocycles. The van der Waals surface area contributed by atoms with Gasteiger partial charge in [0.15, 0.2) is 16.7 Å². The smallest absolute Gasteiger partial charge is 0.185 e. The highest BCUT2D eigenvalue weighted by Gasteiger charge is 2.49. The molecule has 2 aliphatic rings. The van der Waals surface area contributed by atoms with Crippen molar-refractivity contribution in [3.8, 4) is 0 Å². The topological polar surface area (TPSA) is 83.5 Å². The van der Waals surface area contributed by atoms with Crippen LogP contribution in [0.15, 0.2) is 0 Å². The second-order valence-electron chi connectivity index (χ2n) is 7.97. The molecular formula is C19H34O7S. The zero-order valence-corrected chi connectivity index (χ0v) is 17.9. The van der Waals surface area contributed by atoms with E-state index < -0.39 is 29.9 Å². The third-order valence-electron chi connectivity index (χ3n) is 4.49. The molecule has 4 unspecified atom stereocenters. The number of ether oxygens (including phenoxy) is 5. The van der Waals surface area contributed by atoms with Crippen molar-refractivity contribution in [2.45, 2.75) is 89.9 Å². The number of carbonyl (C=O) groups is 1. The summed E-state index contributed by atoms with van der Waals surface area (Å²) in [6.45, 7) is 10.2. The molecule has 2 fully saturated rings. The van der Waals surface area contributed by atoms with Gasteiger partial charge in [-0.15, -0.1) is 0 Å². The largest absolute Gasteiger partial charge is 0.387 e. The standard InChI is InChI=1S/C19H34O7S/c1-13(20)27-10-8-6-7-9-22-11-15-17(26-19(4,5)25-15)16(21)14-12-23-18(2,3)24-14/h14-17,21H,6-12H2,1-5H3. The summed E-state index contributed by atoms with van der Waals surface area (Å²) in [6, 6.07) is 0. The van der Waals surface area contributed by atoms with Crippen molar-refractivity contribution < 1.29 is 33.6 Å². The molecule has 8 heteroatoms. The predicted octanol–water partition coefficient (Wildman–Crippen LogP) is 2.49. The second-order valence-corrected chi connectivity index (χ2v) is 9.24. The maximum Gasteiger partial charge on any atom is 0.185 e. The van der Waals surface area contributed by atoms with Gasteiger partial charge in [-0.1, -0.05) is 18.2 Å². The lowest BCUT2D eigenvalue weighted by molar-refractivity contribution is -0.179. The van der Waals surface area contributed by atoms with E-state index in [4.69, 9.17) is 23.7 Å². The summed E-state index contributed by atoms with van der Waals surface area (Å²) in [5.74, 6) is -0.622. The molecule has 0 spiro atoms. The van der Waals surface area contributed by atoms with E-state index in [1.807, 2.05) is 27.7 Å². The van der Waals surface area contributed by atoms with Gasteiger partial charge in [0.1, 0.15) is 24.4 Å². The van der Waals surface area contributed by atoms with Crippen molar-refractivity contribution in [1.82, 2.24) is 0 Å². The minimum Gasteiger partial charge on any atom is -0.387 e. The van der Waals surface area contributed by atoms with Crippen LogP contribution in [0, 0.1) is 0 Å². The molecule has 0 amide bonds. The van der Waals surface area contributed by atoms with Crippen molar-refractivity contribution in [2.75, 3.05) is 25.6 Å². The Morgan fingerprint density at radius 1 is 1.15 bits per heavy atom. The summed E-state index contributed by atoms with van der Waals surface area (Å²) >= 11 is 1.36. The Labute approximate surface area is 166 Å². The highest BCUT2D eigenvalue weighted by atomic mass is 32.2. The van der Waals surface area contributed by atoms with Crippen LogP contribution >= 0.6 is 11.8 Å². The molecule has 0 aromatic rings. The number of carbonyl (C=O) groups excluding carboxylic acids is 1. The Balaban J connectivity index is 1.72. The third kappa shape index (κ3) is 7.61. The van der Waals surface area contributed by atoms with Crippen LogP contribution < -0.4 is 0 Å². The van der Waals surface area contributed by atoms with E-state index in [0.29, 0.717) is 19.8 Å². The number of hydrogen-bond donors (Lipinski definition) is 1. The molecule has 0 saturated carbocycles. The maximum atomic E-state index is 10.9. The Morgan fingerprint density at radius 2 is 1.89 bits per heavy atom. The van der Waals surface area contributed by atoms with Gasteiger partial charge in [-0.05, 0) is 40.5 Å². The quantitative estimate of drug-likeness (QED) is 0.554. The van der Waals surface area contributed by atoms with Gasteiger partial charge >= 0.3 is 0 Å². The first-order valence-electron chi connectivity index (χ1n) is 9.66. The summed E-state index contributed by atoms with van der Waals surface area (Å²) in [4.78, 5) is 10.9. The summed E-state index contributed by atoms with van der Waals surface area (Å²) in [7, 11) is 0. The molecule has 7 nitrogen and oxygen atoms in total. The van der Waals surface area contributed by atoms with Crippen LogP contribution in [0.2, 0.25) is 0 Å². The monoisotopic (exact) mass is 406 g/mol. The molecule has 27 heavy (non-hydrogen) atoms. The lowest BCUT2D eigenvalue weighted by Crippen LogP contribution is -2.46. The van der Waals surface area contributed by atoms with Crippen molar-refractivity contribution in [2.24, 2.45) is 0 Å². The van der Waals surface area contributed by atoms with Crippen LogP contribution in [0.5, 0.6) is 0 Å². The van der Waals surface area contributed by atoms with E-state index in [9.17, 15) is 9.90 Å². The van der Waals surface area contributed by atoms with Gasteiger partial charge in [-0.2, -0.15) is 0 Å². The number of rotatable bonds is 10. The first kappa shape index (κ1) is 23.1. The van der Waals surface area contributed by atoms with Gasteiger partial charge in [0.25, 0.3) is 0 Å². The fourth-order valence-corrected chi connectivity index (χ4v) is 3.91. The average molecular weight is 407 g/mol. The first-order valence-corrected chi connectivity index (χ1v) is 10.6. The molecule has 2 saturated heterocycles. The van der Waals surface area contributed by atoms with E-state index in [1.165, 1.54) is 11.8 Å². The lowest BCUT2D eigenvalue weighted by Gasteiger charge is -2.27. The van der Waals surface area contributed by atoms with Gasteiger partial charge in [0.2, 0.25) is 0 Å². The number of aliphatic hydroxyl groups is 1. The highest BCUT2D eigenvalue weighted by Crippen LogP contribution is 2.34. The molecule has 158 valence electrons. The van der Waals surface area contributed by atoms with Crippen LogP contribution in [0.1, 0.15) is 53.9 Å². The Bertz CT molecular complexity index is 483. The molecule has 2 heterocycles. The lowest BCUT2D eigenvalue weighted by atomic mass is 10.0. The van der Waals surface area contributed by atoms with Crippen LogP contribution in [-0.2, 0) is 28.5 Å². The molecule has 0 aromatic carbocycles. The highest BCUT2D eigenvalue weighted by molar-refractivity contribution is 8.13. The normalized spacial score (nSPS) is 30.5. The fraction of sp³-hybridized carbons (Fsp3) is 0.947. The number of thioether (sulfide) groups is 1. The summed E-state index contributed by atoms with van der Waals surface area (Å²) in [6.07, 6.45) is 0.734. The SMILES string of the molecule is CC(=O)SCCCCCOCC1OC(C)(C)OC1C(O)C1COC(C)(C)O1. The van der Waals surface area contributed by atoms with E-state index >= 15 is 0 Å². The van der Waals surface area contributed by atoms with E-state index in [-0.39, 0.29) is 11.2 Å². The van der Waals surface area contributed by atoms with E-state index in [2.05, 4.69) is 0 Å². The van der Waals surface area contributed by atoms with Crippen molar-refractivity contribution >= 4 is 16.9 Å². The van der Waals surface area contributed by atoms with Gasteiger partial charge in [0.05, 0.1) is 13.2 Å². The minimum atomic E-state index is -0.856. The Hall–Kier alpha value is -0.220. The van der Waals surface area contributed by atoms with Gasteiger partial charge in [0, 0.05) is 19.3 Å². The number of unbranched alkanes of at least 4 members (excludes halogenated alkanes) is 2. The van der Waals surface area contributed by atoms with Crippen molar-refractivity contribution in [3.63, 3.8) is 0 Å². The Kier molecular flexibility index (Phi) is 8.54. The van der Waals surface area contributed by atoms with Crippen LogP contribution in [-0.4, -0.2) is 71.8 Å². The predicted molar refractivity (Wildman–Crippen MR) is 103 cm³/mol. The minimum absolute atomic E-state index is 0.164. The van der Waals surface area contributed by atoms with Gasteiger partial charge in [-0.3, -0.25) is 4.79 Å². The summed E-state index contributed by atoms with van der Waals surface area (Å²) in [5.41, 5.74) is 0. The molecule has 2 aliphatic heterocycles. The van der Waals surface area contributed by atoms with Crippen LogP contribution in [0.25, 0.3) is 0 Å².